The minimum absolute atomic E-state index is 0.290. The van der Waals surface area contributed by atoms with Gasteiger partial charge in [0, 0.05) is 5.56 Å². The van der Waals surface area contributed by atoms with Crippen LogP contribution in [-0.2, 0) is 0 Å². The topological polar surface area (TPSA) is 63.1 Å². The Bertz CT molecular complexity index is 932. The molecule has 0 aliphatic heterocycles. The molecule has 0 saturated heterocycles. The summed E-state index contributed by atoms with van der Waals surface area (Å²) in [6, 6.07) is 9.84. The Morgan fingerprint density at radius 1 is 1.32 bits per heavy atom. The van der Waals surface area contributed by atoms with Crippen LogP contribution >= 0.6 is 11.8 Å². The molecule has 0 aliphatic rings. The van der Waals surface area contributed by atoms with Gasteiger partial charge < -0.3 is 0 Å². The fourth-order valence-corrected chi connectivity index (χ4v) is 2.88. The largest absolute Gasteiger partial charge is 0.350 e. The summed E-state index contributed by atoms with van der Waals surface area (Å²) in [7, 11) is 0. The van der Waals surface area contributed by atoms with E-state index in [9.17, 15) is 4.79 Å². The smallest absolute Gasteiger partial charge is 0.285 e. The minimum Gasteiger partial charge on any atom is -0.285 e. The zero-order valence-corrected chi connectivity index (χ0v) is 13.1. The summed E-state index contributed by atoms with van der Waals surface area (Å²) in [5, 5.41) is 4.85. The zero-order chi connectivity index (χ0) is 15.5. The number of hydrogen-bond acceptors (Lipinski definition) is 4. The molecule has 0 spiro atoms. The zero-order valence-electron chi connectivity index (χ0n) is 12.3. The summed E-state index contributed by atoms with van der Waals surface area (Å²) in [5.74, 6) is 6.35. The number of rotatable bonds is 3. The molecule has 1 N–H and O–H groups in total. The van der Waals surface area contributed by atoms with E-state index in [1.165, 1.54) is 16.3 Å². The summed E-state index contributed by atoms with van der Waals surface area (Å²) < 4.78 is 1.31. The van der Waals surface area contributed by atoms with E-state index in [1.807, 2.05) is 37.3 Å². The van der Waals surface area contributed by atoms with Crippen molar-refractivity contribution in [3.05, 3.63) is 46.5 Å². The van der Waals surface area contributed by atoms with Gasteiger partial charge in [0.05, 0.1) is 11.4 Å². The fourth-order valence-electron chi connectivity index (χ4n) is 2.22. The third-order valence-corrected chi connectivity index (χ3v) is 3.93. The van der Waals surface area contributed by atoms with Gasteiger partial charge in [-0.05, 0) is 19.4 Å². The van der Waals surface area contributed by atoms with E-state index in [-0.39, 0.29) is 5.69 Å². The fraction of sp³-hybridized carbons (Fsp3) is 0.188. The Hall–Kier alpha value is -2.52. The van der Waals surface area contributed by atoms with Crippen LogP contribution in [0.2, 0.25) is 0 Å². The molecule has 0 atom stereocenters. The average molecular weight is 310 g/mol. The lowest BCUT2D eigenvalue weighted by atomic mass is 10.1. The Balaban J connectivity index is 2.18. The van der Waals surface area contributed by atoms with Gasteiger partial charge in [0.15, 0.2) is 10.8 Å². The average Bonchev–Trinajstić information content (AvgIpc) is 2.85. The van der Waals surface area contributed by atoms with Gasteiger partial charge >= 0.3 is 5.69 Å². The van der Waals surface area contributed by atoms with Crippen molar-refractivity contribution in [3.63, 3.8) is 0 Å². The molecule has 2 heterocycles. The molecule has 3 rings (SSSR count). The van der Waals surface area contributed by atoms with E-state index in [2.05, 4.69) is 26.9 Å². The minimum atomic E-state index is -0.290. The standard InChI is InChI=1S/C16H14N4OS/c1-3-4-10-22-15-17-14-13(12-8-6-5-7-9-12)11(2)19-20(14)16(21)18-15/h5-9H,10H2,1-2H3,(H,17,18,21). The van der Waals surface area contributed by atoms with Gasteiger partial charge in [-0.25, -0.2) is 9.78 Å². The van der Waals surface area contributed by atoms with E-state index in [0.29, 0.717) is 16.6 Å². The van der Waals surface area contributed by atoms with Crippen LogP contribution in [0.5, 0.6) is 0 Å². The highest BCUT2D eigenvalue weighted by Crippen LogP contribution is 2.26. The second-order valence-corrected chi connectivity index (χ2v) is 5.59. The molecule has 5 nitrogen and oxygen atoms in total. The van der Waals surface area contributed by atoms with Crippen LogP contribution in [0.3, 0.4) is 0 Å². The number of hydrogen-bond donors (Lipinski definition) is 1. The van der Waals surface area contributed by atoms with Crippen molar-refractivity contribution in [3.8, 4) is 23.0 Å². The normalized spacial score (nSPS) is 10.5. The highest BCUT2D eigenvalue weighted by Gasteiger charge is 2.15. The SMILES string of the molecule is CC#CCSc1nc2c(-c3ccccc3)c(C)nn2c(=O)[nH]1. The lowest BCUT2D eigenvalue weighted by Gasteiger charge is -2.01. The van der Waals surface area contributed by atoms with Crippen molar-refractivity contribution in [1.29, 1.82) is 0 Å². The maximum Gasteiger partial charge on any atom is 0.350 e. The Morgan fingerprint density at radius 2 is 2.09 bits per heavy atom. The summed E-state index contributed by atoms with van der Waals surface area (Å²) in [6.45, 7) is 3.67. The van der Waals surface area contributed by atoms with Crippen LogP contribution in [0, 0.1) is 18.8 Å². The van der Waals surface area contributed by atoms with Crippen molar-refractivity contribution in [2.45, 2.75) is 19.0 Å². The highest BCUT2D eigenvalue weighted by molar-refractivity contribution is 7.99. The van der Waals surface area contributed by atoms with Gasteiger partial charge in [0.1, 0.15) is 0 Å². The third-order valence-electron chi connectivity index (χ3n) is 3.17. The summed E-state index contributed by atoms with van der Waals surface area (Å²) in [4.78, 5) is 19.5. The Kier molecular flexibility index (Phi) is 3.98. The van der Waals surface area contributed by atoms with E-state index in [1.54, 1.807) is 6.92 Å². The van der Waals surface area contributed by atoms with E-state index < -0.39 is 0 Å². The van der Waals surface area contributed by atoms with Crippen LogP contribution in [0.25, 0.3) is 16.8 Å². The predicted octanol–water partition coefficient (Wildman–Crippen LogP) is 2.51. The molecule has 2 aromatic heterocycles. The lowest BCUT2D eigenvalue weighted by Crippen LogP contribution is -2.19. The number of H-pyrrole nitrogens is 1. The Labute approximate surface area is 131 Å². The van der Waals surface area contributed by atoms with Crippen molar-refractivity contribution in [2.75, 3.05) is 5.75 Å². The van der Waals surface area contributed by atoms with Crippen molar-refractivity contribution in [2.24, 2.45) is 0 Å². The molecule has 3 aromatic rings. The second-order valence-electron chi connectivity index (χ2n) is 4.62. The first-order chi connectivity index (χ1) is 10.7. The van der Waals surface area contributed by atoms with Crippen molar-refractivity contribution in [1.82, 2.24) is 19.6 Å². The molecule has 0 unspecified atom stereocenters. The highest BCUT2D eigenvalue weighted by atomic mass is 32.2. The molecule has 110 valence electrons. The van der Waals surface area contributed by atoms with Gasteiger partial charge in [-0.3, -0.25) is 4.98 Å². The number of benzene rings is 1. The predicted molar refractivity (Wildman–Crippen MR) is 88.0 cm³/mol. The first-order valence-corrected chi connectivity index (χ1v) is 7.76. The van der Waals surface area contributed by atoms with Crippen molar-refractivity contribution >= 4 is 17.4 Å². The summed E-state index contributed by atoms with van der Waals surface area (Å²) in [5.41, 5.74) is 2.94. The van der Waals surface area contributed by atoms with Gasteiger partial charge in [-0.1, -0.05) is 48.0 Å². The molecule has 0 saturated carbocycles. The maximum absolute atomic E-state index is 12.2. The van der Waals surface area contributed by atoms with E-state index in [0.717, 1.165) is 16.8 Å². The molecular formula is C16H14N4OS. The van der Waals surface area contributed by atoms with Crippen LogP contribution in [0.4, 0.5) is 0 Å². The number of thioether (sulfide) groups is 1. The molecule has 6 heteroatoms. The molecule has 0 fully saturated rings. The molecule has 0 bridgehead atoms. The number of aromatic nitrogens is 4. The van der Waals surface area contributed by atoms with Gasteiger partial charge in [0.25, 0.3) is 0 Å². The quantitative estimate of drug-likeness (QED) is 0.596. The number of nitrogens with zero attached hydrogens (tertiary/aromatic N) is 3. The van der Waals surface area contributed by atoms with Crippen molar-refractivity contribution < 1.29 is 0 Å². The van der Waals surface area contributed by atoms with E-state index in [4.69, 9.17) is 0 Å². The number of aryl methyl sites for hydroxylation is 1. The lowest BCUT2D eigenvalue weighted by molar-refractivity contribution is 0.780. The van der Waals surface area contributed by atoms with Crippen LogP contribution in [0.15, 0.2) is 40.3 Å². The first-order valence-electron chi connectivity index (χ1n) is 6.78. The maximum atomic E-state index is 12.2. The number of fused-ring (bicyclic) bond motifs is 1. The van der Waals surface area contributed by atoms with Crippen LogP contribution in [0.1, 0.15) is 12.6 Å². The van der Waals surface area contributed by atoms with Crippen LogP contribution in [-0.4, -0.2) is 25.3 Å². The van der Waals surface area contributed by atoms with Crippen LogP contribution < -0.4 is 5.69 Å². The molecule has 0 radical (unpaired) electrons. The molecule has 0 aliphatic carbocycles. The Morgan fingerprint density at radius 3 is 2.82 bits per heavy atom. The summed E-state index contributed by atoms with van der Waals surface area (Å²) >= 11 is 1.41. The van der Waals surface area contributed by atoms with Gasteiger partial charge in [-0.15, -0.1) is 5.92 Å². The molecule has 22 heavy (non-hydrogen) atoms. The number of nitrogens with one attached hydrogen (secondary N) is 1. The molecular weight excluding hydrogens is 296 g/mol. The molecule has 1 aromatic carbocycles. The van der Waals surface area contributed by atoms with E-state index >= 15 is 0 Å². The monoisotopic (exact) mass is 310 g/mol. The van der Waals surface area contributed by atoms with Gasteiger partial charge in [0.2, 0.25) is 0 Å². The third kappa shape index (κ3) is 2.63. The second kappa shape index (κ2) is 6.08. The number of aromatic amines is 1. The van der Waals surface area contributed by atoms with Gasteiger partial charge in [-0.2, -0.15) is 9.61 Å². The summed E-state index contributed by atoms with van der Waals surface area (Å²) in [6.07, 6.45) is 0. The molecule has 0 amide bonds. The first kappa shape index (κ1) is 14.4.